The normalized spacial score (nSPS) is 23.5. The van der Waals surface area contributed by atoms with Crippen LogP contribution in [0.4, 0.5) is 17.6 Å². The highest BCUT2D eigenvalue weighted by molar-refractivity contribution is 4.94. The molecule has 1 fully saturated rings. The van der Waals surface area contributed by atoms with Crippen LogP contribution in [-0.2, 0) is 0 Å². The number of rotatable bonds is 3. The molecule has 0 bridgehead atoms. The van der Waals surface area contributed by atoms with Gasteiger partial charge in [-0.2, -0.15) is 0 Å². The van der Waals surface area contributed by atoms with Gasteiger partial charge in [-0.3, -0.25) is 0 Å². The highest BCUT2D eigenvalue weighted by atomic mass is 19.3. The van der Waals surface area contributed by atoms with Crippen molar-refractivity contribution in [3.63, 3.8) is 0 Å². The van der Waals surface area contributed by atoms with Crippen LogP contribution in [-0.4, -0.2) is 11.8 Å². The van der Waals surface area contributed by atoms with Gasteiger partial charge in [0.1, 0.15) is 0 Å². The van der Waals surface area contributed by atoms with Crippen molar-refractivity contribution >= 4 is 0 Å². The molecule has 0 aromatic heterocycles. The van der Waals surface area contributed by atoms with Gasteiger partial charge in [-0.15, -0.1) is 0 Å². The lowest BCUT2D eigenvalue weighted by Gasteiger charge is -2.27. The average molecular weight is 224 g/mol. The van der Waals surface area contributed by atoms with E-state index in [1.54, 1.807) is 0 Å². The minimum absolute atomic E-state index is 0.103. The third-order valence-corrected chi connectivity index (χ3v) is 2.72. The standard InChI is InChI=1S/C11H16F4/c1-10(12,13)6-2-3-9-4-7-11(14,15)8-5-9/h2,6,9H,3-5,7-8H2,1H3. The van der Waals surface area contributed by atoms with Crippen molar-refractivity contribution in [2.75, 3.05) is 0 Å². The SMILES string of the molecule is CC(F)(F)C=CCC1CCC(F)(F)CC1. The summed E-state index contributed by atoms with van der Waals surface area (Å²) in [5.41, 5.74) is 0. The molecule has 0 N–H and O–H groups in total. The van der Waals surface area contributed by atoms with Crippen molar-refractivity contribution in [3.8, 4) is 0 Å². The first-order valence-electron chi connectivity index (χ1n) is 5.22. The molecule has 0 atom stereocenters. The lowest BCUT2D eigenvalue weighted by molar-refractivity contribution is -0.0454. The first-order valence-corrected chi connectivity index (χ1v) is 5.22. The molecule has 1 aliphatic carbocycles. The van der Waals surface area contributed by atoms with E-state index < -0.39 is 11.8 Å². The van der Waals surface area contributed by atoms with Crippen LogP contribution in [0.15, 0.2) is 12.2 Å². The molecule has 0 nitrogen and oxygen atoms in total. The molecule has 0 saturated heterocycles. The molecule has 0 heterocycles. The first kappa shape index (κ1) is 12.5. The molecule has 88 valence electrons. The van der Waals surface area contributed by atoms with Crippen molar-refractivity contribution in [3.05, 3.63) is 12.2 Å². The van der Waals surface area contributed by atoms with Gasteiger partial charge in [-0.25, -0.2) is 17.6 Å². The third kappa shape index (κ3) is 5.19. The van der Waals surface area contributed by atoms with Crippen molar-refractivity contribution in [1.82, 2.24) is 0 Å². The Morgan fingerprint density at radius 2 is 1.80 bits per heavy atom. The summed E-state index contributed by atoms with van der Waals surface area (Å²) in [7, 11) is 0. The smallest absolute Gasteiger partial charge is 0.207 e. The van der Waals surface area contributed by atoms with Crippen molar-refractivity contribution in [2.24, 2.45) is 5.92 Å². The molecule has 4 heteroatoms. The third-order valence-electron chi connectivity index (χ3n) is 2.72. The van der Waals surface area contributed by atoms with Gasteiger partial charge < -0.3 is 0 Å². The maximum Gasteiger partial charge on any atom is 0.263 e. The lowest BCUT2D eigenvalue weighted by atomic mass is 9.85. The highest BCUT2D eigenvalue weighted by Crippen LogP contribution is 2.37. The van der Waals surface area contributed by atoms with Gasteiger partial charge in [0, 0.05) is 19.8 Å². The molecule has 0 spiro atoms. The topological polar surface area (TPSA) is 0 Å². The molecule has 1 saturated carbocycles. The molecule has 0 unspecified atom stereocenters. The Hall–Kier alpha value is -0.540. The largest absolute Gasteiger partial charge is 0.263 e. The predicted octanol–water partition coefficient (Wildman–Crippen LogP) is 4.41. The Kier molecular flexibility index (Phi) is 3.79. The van der Waals surface area contributed by atoms with Gasteiger partial charge >= 0.3 is 0 Å². The van der Waals surface area contributed by atoms with Gasteiger partial charge in [0.25, 0.3) is 5.92 Å². The van der Waals surface area contributed by atoms with Crippen molar-refractivity contribution in [2.45, 2.75) is 50.9 Å². The van der Waals surface area contributed by atoms with Crippen LogP contribution in [0.25, 0.3) is 0 Å². The Morgan fingerprint density at radius 1 is 1.27 bits per heavy atom. The zero-order valence-corrected chi connectivity index (χ0v) is 8.78. The molecule has 0 aromatic rings. The fourth-order valence-electron chi connectivity index (χ4n) is 1.80. The molecule has 1 aliphatic rings. The van der Waals surface area contributed by atoms with E-state index in [1.807, 2.05) is 0 Å². The number of alkyl halides is 4. The van der Waals surface area contributed by atoms with Crippen molar-refractivity contribution in [1.29, 1.82) is 0 Å². The van der Waals surface area contributed by atoms with Crippen LogP contribution in [0, 0.1) is 5.92 Å². The van der Waals surface area contributed by atoms with E-state index in [0.717, 1.165) is 13.0 Å². The Balaban J connectivity index is 2.28. The number of allylic oxidation sites excluding steroid dienone is 2. The number of hydrogen-bond donors (Lipinski definition) is 0. The maximum absolute atomic E-state index is 12.8. The van der Waals surface area contributed by atoms with Gasteiger partial charge in [0.2, 0.25) is 5.92 Å². The van der Waals surface area contributed by atoms with E-state index in [9.17, 15) is 17.6 Å². The van der Waals surface area contributed by atoms with E-state index in [0.29, 0.717) is 19.3 Å². The zero-order valence-electron chi connectivity index (χ0n) is 8.78. The average Bonchev–Trinajstić information content (AvgIpc) is 2.06. The summed E-state index contributed by atoms with van der Waals surface area (Å²) in [5.74, 6) is -5.18. The summed E-state index contributed by atoms with van der Waals surface area (Å²) < 4.78 is 50.3. The molecular weight excluding hydrogens is 208 g/mol. The van der Waals surface area contributed by atoms with Gasteiger partial charge in [-0.05, 0) is 31.3 Å². The molecule has 1 rings (SSSR count). The quantitative estimate of drug-likeness (QED) is 0.492. The minimum atomic E-state index is -2.79. The predicted molar refractivity (Wildman–Crippen MR) is 51.3 cm³/mol. The van der Waals surface area contributed by atoms with E-state index in [1.165, 1.54) is 6.08 Å². The molecule has 0 aromatic carbocycles. The van der Waals surface area contributed by atoms with Gasteiger partial charge in [-0.1, -0.05) is 6.08 Å². The van der Waals surface area contributed by atoms with E-state index in [2.05, 4.69) is 0 Å². The summed E-state index contributed by atoms with van der Waals surface area (Å²) in [6, 6.07) is 0. The summed E-state index contributed by atoms with van der Waals surface area (Å²) in [4.78, 5) is 0. The van der Waals surface area contributed by atoms with Crippen LogP contribution in [0.1, 0.15) is 39.0 Å². The van der Waals surface area contributed by atoms with Crippen LogP contribution in [0.5, 0.6) is 0 Å². The summed E-state index contributed by atoms with van der Waals surface area (Å²) >= 11 is 0. The number of hydrogen-bond acceptors (Lipinski definition) is 0. The molecule has 0 radical (unpaired) electrons. The molecular formula is C11H16F4. The van der Waals surface area contributed by atoms with E-state index in [-0.39, 0.29) is 18.8 Å². The van der Waals surface area contributed by atoms with Crippen LogP contribution >= 0.6 is 0 Å². The van der Waals surface area contributed by atoms with Gasteiger partial charge in [0.05, 0.1) is 0 Å². The fourth-order valence-corrected chi connectivity index (χ4v) is 1.80. The highest BCUT2D eigenvalue weighted by Gasteiger charge is 2.34. The van der Waals surface area contributed by atoms with Crippen molar-refractivity contribution < 1.29 is 17.6 Å². The fraction of sp³-hybridized carbons (Fsp3) is 0.818. The van der Waals surface area contributed by atoms with Gasteiger partial charge in [0.15, 0.2) is 0 Å². The molecule has 0 amide bonds. The Labute approximate surface area is 87.4 Å². The second-order valence-corrected chi connectivity index (χ2v) is 4.39. The molecule has 0 aliphatic heterocycles. The second-order valence-electron chi connectivity index (χ2n) is 4.39. The summed E-state index contributed by atoms with van der Waals surface area (Å²) in [6.07, 6.45) is 3.41. The van der Waals surface area contributed by atoms with E-state index >= 15 is 0 Å². The summed E-state index contributed by atoms with van der Waals surface area (Å²) in [5, 5.41) is 0. The number of halogens is 4. The summed E-state index contributed by atoms with van der Waals surface area (Å²) in [6.45, 7) is 0.818. The van der Waals surface area contributed by atoms with Crippen LogP contribution < -0.4 is 0 Å². The monoisotopic (exact) mass is 224 g/mol. The lowest BCUT2D eigenvalue weighted by Crippen LogP contribution is -2.24. The zero-order chi connectivity index (χ0) is 11.5. The Morgan fingerprint density at radius 3 is 2.27 bits per heavy atom. The van der Waals surface area contributed by atoms with Crippen LogP contribution in [0.2, 0.25) is 0 Å². The van der Waals surface area contributed by atoms with E-state index in [4.69, 9.17) is 0 Å². The molecule has 15 heavy (non-hydrogen) atoms. The maximum atomic E-state index is 12.8. The first-order chi connectivity index (χ1) is 6.79. The van der Waals surface area contributed by atoms with Crippen LogP contribution in [0.3, 0.4) is 0 Å². The minimum Gasteiger partial charge on any atom is -0.207 e. The Bertz CT molecular complexity index is 217. The second kappa shape index (κ2) is 4.54.